The monoisotopic (exact) mass is 473 g/mol. The zero-order valence-electron chi connectivity index (χ0n) is 17.2. The third-order valence-electron chi connectivity index (χ3n) is 4.65. The van der Waals surface area contributed by atoms with Crippen LogP contribution in [0.4, 0.5) is 0 Å². The summed E-state index contributed by atoms with van der Waals surface area (Å²) in [6.07, 6.45) is 8.46. The van der Waals surface area contributed by atoms with Crippen LogP contribution >= 0.6 is 10.8 Å². The lowest BCUT2D eigenvalue weighted by Crippen LogP contribution is -2.31. The van der Waals surface area contributed by atoms with Crippen LogP contribution < -0.4 is 0 Å². The van der Waals surface area contributed by atoms with Crippen molar-refractivity contribution in [3.8, 4) is 0 Å². The van der Waals surface area contributed by atoms with E-state index in [0.717, 1.165) is 30.1 Å². The predicted molar refractivity (Wildman–Crippen MR) is 113 cm³/mol. The van der Waals surface area contributed by atoms with Gasteiger partial charge in [0.2, 0.25) is 5.12 Å². The largest absolute Gasteiger partial charge is 0.466 e. The van der Waals surface area contributed by atoms with Gasteiger partial charge in [-0.3, -0.25) is 19.2 Å². The molecule has 2 heterocycles. The van der Waals surface area contributed by atoms with Gasteiger partial charge >= 0.3 is 11.9 Å². The van der Waals surface area contributed by atoms with Crippen molar-refractivity contribution in [3.05, 3.63) is 12.2 Å². The predicted octanol–water partition coefficient (Wildman–Crippen LogP) is 2.51. The van der Waals surface area contributed by atoms with Crippen molar-refractivity contribution in [3.63, 3.8) is 0 Å². The Hall–Kier alpha value is -2.01. The number of unbranched alkanes of at least 4 members (excludes halogenated alkanes) is 2. The highest BCUT2D eigenvalue weighted by Gasteiger charge is 2.32. The van der Waals surface area contributed by atoms with Gasteiger partial charge in [-0.15, -0.1) is 5.06 Å². The fourth-order valence-corrected chi connectivity index (χ4v) is 5.93. The Balaban J connectivity index is 1.42. The van der Waals surface area contributed by atoms with Crippen LogP contribution in [-0.2, 0) is 43.4 Å². The molecule has 2 aliphatic heterocycles. The van der Waals surface area contributed by atoms with Crippen molar-refractivity contribution in [2.45, 2.75) is 75.9 Å². The van der Waals surface area contributed by atoms with Gasteiger partial charge in [0.1, 0.15) is 0 Å². The second kappa shape index (κ2) is 13.4. The van der Waals surface area contributed by atoms with Crippen LogP contribution in [0.15, 0.2) is 12.2 Å². The number of allylic oxidation sites excluding steroid dienone is 2. The zero-order chi connectivity index (χ0) is 22.6. The number of esters is 1. The molecule has 0 spiro atoms. The Morgan fingerprint density at radius 3 is 2.29 bits per heavy atom. The minimum absolute atomic E-state index is 0.00381. The second-order valence-electron chi connectivity index (χ2n) is 7.21. The molecular formula is C20H27NO8S2. The summed E-state index contributed by atoms with van der Waals surface area (Å²) in [6.45, 7) is 0.308. The maximum absolute atomic E-state index is 11.7. The molecular weight excluding hydrogens is 446 g/mol. The first-order valence-corrected chi connectivity index (χ1v) is 12.9. The van der Waals surface area contributed by atoms with Gasteiger partial charge in [-0.25, -0.2) is 9.00 Å². The van der Waals surface area contributed by atoms with Gasteiger partial charge < -0.3 is 9.57 Å². The van der Waals surface area contributed by atoms with E-state index in [9.17, 15) is 28.2 Å². The van der Waals surface area contributed by atoms with Crippen LogP contribution in [0, 0.1) is 0 Å². The summed E-state index contributed by atoms with van der Waals surface area (Å²) in [7, 11) is -0.164. The van der Waals surface area contributed by atoms with E-state index in [1.807, 2.05) is 12.2 Å². The van der Waals surface area contributed by atoms with E-state index in [2.05, 4.69) is 0 Å². The lowest BCUT2D eigenvalue weighted by Gasteiger charge is -2.12. The van der Waals surface area contributed by atoms with E-state index in [1.54, 1.807) is 0 Å². The summed E-state index contributed by atoms with van der Waals surface area (Å²) in [6, 6.07) is 0. The molecule has 2 unspecified atom stereocenters. The summed E-state index contributed by atoms with van der Waals surface area (Å²) in [5.74, 6) is -2.04. The van der Waals surface area contributed by atoms with E-state index >= 15 is 0 Å². The van der Waals surface area contributed by atoms with Crippen LogP contribution in [-0.4, -0.2) is 50.0 Å². The van der Waals surface area contributed by atoms with Crippen molar-refractivity contribution >= 4 is 49.5 Å². The molecule has 2 rings (SSSR count). The minimum Gasteiger partial charge on any atom is -0.466 e. The van der Waals surface area contributed by atoms with Gasteiger partial charge in [0.25, 0.3) is 11.8 Å². The maximum atomic E-state index is 11.7. The summed E-state index contributed by atoms with van der Waals surface area (Å²) >= 11 is 0. The molecule has 0 N–H and O–H groups in total. The number of amides is 2. The average molecular weight is 474 g/mol. The first kappa shape index (κ1) is 25.3. The summed E-state index contributed by atoms with van der Waals surface area (Å²) in [5, 5.41) is 0.472. The van der Waals surface area contributed by atoms with Gasteiger partial charge in [-0.05, 0) is 38.5 Å². The quantitative estimate of drug-likeness (QED) is 0.130. The van der Waals surface area contributed by atoms with Crippen molar-refractivity contribution in [2.24, 2.45) is 0 Å². The molecule has 172 valence electrons. The molecule has 0 aromatic carbocycles. The van der Waals surface area contributed by atoms with Gasteiger partial charge in [-0.2, -0.15) is 0 Å². The lowest BCUT2D eigenvalue weighted by molar-refractivity contribution is -0.197. The lowest BCUT2D eigenvalue weighted by atomic mass is 10.1. The number of carbonyl (C=O) groups is 5. The van der Waals surface area contributed by atoms with Crippen molar-refractivity contribution in [2.75, 3.05) is 6.61 Å². The molecule has 2 atom stereocenters. The van der Waals surface area contributed by atoms with Crippen LogP contribution in [0.1, 0.15) is 70.6 Å². The number of hydrogen-bond donors (Lipinski definition) is 0. The molecule has 9 nitrogen and oxygen atoms in total. The van der Waals surface area contributed by atoms with E-state index in [0.29, 0.717) is 37.4 Å². The van der Waals surface area contributed by atoms with E-state index in [1.165, 1.54) is 0 Å². The van der Waals surface area contributed by atoms with Crippen LogP contribution in [0.3, 0.4) is 0 Å². The molecule has 0 aromatic rings. The van der Waals surface area contributed by atoms with Crippen LogP contribution in [0.25, 0.3) is 0 Å². The summed E-state index contributed by atoms with van der Waals surface area (Å²) in [5.41, 5.74) is 0. The zero-order valence-corrected chi connectivity index (χ0v) is 18.9. The van der Waals surface area contributed by atoms with Crippen molar-refractivity contribution < 1.29 is 37.8 Å². The van der Waals surface area contributed by atoms with E-state index in [-0.39, 0.29) is 42.0 Å². The number of nitrogens with zero attached hydrogens (tertiary/aromatic N) is 1. The number of hydroxylamine groups is 2. The Kier molecular flexibility index (Phi) is 10.9. The highest BCUT2D eigenvalue weighted by atomic mass is 33.1. The molecule has 0 saturated carbocycles. The van der Waals surface area contributed by atoms with Crippen LogP contribution in [0.5, 0.6) is 0 Å². The number of ether oxygens (including phenoxy) is 1. The first-order valence-electron chi connectivity index (χ1n) is 10.4. The standard InChI is InChI=1S/C20H27NO8S2/c22-16-11-12-17(23)21(16)29-19(25)10-6-5-9-18(24)28-13-7-3-1-2-4-8-15-14-20(26)30-31(15)27/h1-2,15H,3-14H2/b2-1+. The number of carbonyl (C=O) groups excluding carboxylic acids is 5. The summed E-state index contributed by atoms with van der Waals surface area (Å²) < 4.78 is 16.7. The van der Waals surface area contributed by atoms with Crippen molar-refractivity contribution in [1.29, 1.82) is 0 Å². The maximum Gasteiger partial charge on any atom is 0.333 e. The molecule has 0 aliphatic carbocycles. The third-order valence-corrected chi connectivity index (χ3v) is 7.98. The van der Waals surface area contributed by atoms with Crippen molar-refractivity contribution in [1.82, 2.24) is 5.06 Å². The van der Waals surface area contributed by atoms with Gasteiger partial charge in [-0.1, -0.05) is 12.2 Å². The Bertz CT molecular complexity index is 735. The molecule has 0 bridgehead atoms. The SMILES string of the molecule is O=C(CCCCC(=O)ON1C(=O)CCC1=O)OCCC/C=C/CCC1CC(=O)SS1=O. The molecule has 2 aliphatic rings. The Labute approximate surface area is 187 Å². The van der Waals surface area contributed by atoms with Gasteiger partial charge in [0, 0.05) is 42.9 Å². The highest BCUT2D eigenvalue weighted by molar-refractivity contribution is 8.76. The normalized spacial score (nSPS) is 21.3. The third kappa shape index (κ3) is 9.34. The Morgan fingerprint density at radius 2 is 1.65 bits per heavy atom. The smallest absolute Gasteiger partial charge is 0.333 e. The topological polar surface area (TPSA) is 124 Å². The molecule has 2 amide bonds. The first-order chi connectivity index (χ1) is 14.9. The molecule has 11 heteroatoms. The van der Waals surface area contributed by atoms with Gasteiger partial charge in [0.05, 0.1) is 21.7 Å². The number of imide groups is 1. The highest BCUT2D eigenvalue weighted by Crippen LogP contribution is 2.30. The second-order valence-corrected chi connectivity index (χ2v) is 10.5. The van der Waals surface area contributed by atoms with E-state index < -0.39 is 27.6 Å². The molecule has 2 saturated heterocycles. The number of rotatable bonds is 13. The average Bonchev–Trinajstić information content (AvgIpc) is 3.21. The molecule has 31 heavy (non-hydrogen) atoms. The van der Waals surface area contributed by atoms with E-state index in [4.69, 9.17) is 9.57 Å². The van der Waals surface area contributed by atoms with Gasteiger partial charge in [0.15, 0.2) is 0 Å². The fourth-order valence-electron chi connectivity index (χ4n) is 2.97. The number of hydrogen-bond acceptors (Lipinski definition) is 9. The fraction of sp³-hybridized carbons (Fsp3) is 0.650. The molecule has 2 fully saturated rings. The Morgan fingerprint density at radius 1 is 1.00 bits per heavy atom. The molecule has 0 radical (unpaired) electrons. The minimum atomic E-state index is -1.10. The van der Waals surface area contributed by atoms with Crippen LogP contribution in [0.2, 0.25) is 0 Å². The molecule has 0 aromatic heterocycles. The summed E-state index contributed by atoms with van der Waals surface area (Å²) in [4.78, 5) is 62.0.